The summed E-state index contributed by atoms with van der Waals surface area (Å²) in [5.41, 5.74) is 3.20. The number of carbonyl (C=O) groups excluding carboxylic acids is 1. The molecule has 0 fully saturated rings. The Morgan fingerprint density at radius 1 is 1.18 bits per heavy atom. The molecule has 0 aliphatic heterocycles. The van der Waals surface area contributed by atoms with Crippen molar-refractivity contribution >= 4 is 11.7 Å². The van der Waals surface area contributed by atoms with Crippen molar-refractivity contribution in [3.8, 4) is 17.5 Å². The number of benzene rings is 2. The first-order valence-corrected chi connectivity index (χ1v) is 10.6. The molecule has 0 aliphatic rings. The van der Waals surface area contributed by atoms with Gasteiger partial charge in [0.05, 0.1) is 11.9 Å². The number of nitrogens with zero attached hydrogens (tertiary/aromatic N) is 3. The van der Waals surface area contributed by atoms with E-state index in [0.29, 0.717) is 11.7 Å². The number of anilines is 1. The van der Waals surface area contributed by atoms with Crippen molar-refractivity contribution in [1.29, 1.82) is 5.26 Å². The Bertz CT molecular complexity index is 1310. The maximum Gasteiger partial charge on any atom is 0.292 e. The molecule has 0 saturated carbocycles. The van der Waals surface area contributed by atoms with Gasteiger partial charge in [0.15, 0.2) is 11.6 Å². The molecule has 2 aromatic carbocycles. The highest BCUT2D eigenvalue weighted by Crippen LogP contribution is 2.28. The highest BCUT2D eigenvalue weighted by molar-refractivity contribution is 6.02. The zero-order valence-electron chi connectivity index (χ0n) is 18.7. The van der Waals surface area contributed by atoms with Crippen LogP contribution < -0.4 is 10.1 Å². The van der Waals surface area contributed by atoms with Crippen molar-refractivity contribution in [1.82, 2.24) is 9.78 Å². The molecule has 0 spiro atoms. The number of amides is 1. The summed E-state index contributed by atoms with van der Waals surface area (Å²) in [5.74, 6) is 1.57. The van der Waals surface area contributed by atoms with E-state index in [1.54, 1.807) is 12.1 Å². The van der Waals surface area contributed by atoms with Gasteiger partial charge in [-0.05, 0) is 54.3 Å². The smallest absolute Gasteiger partial charge is 0.292 e. The van der Waals surface area contributed by atoms with Gasteiger partial charge >= 0.3 is 0 Å². The fourth-order valence-corrected chi connectivity index (χ4v) is 3.45. The third-order valence-electron chi connectivity index (χ3n) is 5.17. The summed E-state index contributed by atoms with van der Waals surface area (Å²) in [6.45, 7) is 6.44. The molecule has 0 unspecified atom stereocenters. The van der Waals surface area contributed by atoms with Gasteiger partial charge in [-0.1, -0.05) is 44.2 Å². The van der Waals surface area contributed by atoms with Crippen molar-refractivity contribution in [2.24, 2.45) is 0 Å². The Hall–Kier alpha value is -4.31. The Morgan fingerprint density at radius 2 is 1.97 bits per heavy atom. The molecule has 0 radical (unpaired) electrons. The normalized spacial score (nSPS) is 10.8. The number of ether oxygens (including phenoxy) is 1. The lowest BCUT2D eigenvalue weighted by Crippen LogP contribution is -2.15. The summed E-state index contributed by atoms with van der Waals surface area (Å²) in [6.07, 6.45) is 1.41. The quantitative estimate of drug-likeness (QED) is 0.404. The van der Waals surface area contributed by atoms with E-state index in [-0.39, 0.29) is 23.7 Å². The van der Waals surface area contributed by atoms with Crippen LogP contribution >= 0.6 is 0 Å². The van der Waals surface area contributed by atoms with Crippen molar-refractivity contribution in [2.45, 2.75) is 33.3 Å². The van der Waals surface area contributed by atoms with E-state index in [4.69, 9.17) is 9.15 Å². The van der Waals surface area contributed by atoms with Crippen LogP contribution in [0.1, 0.15) is 52.8 Å². The van der Waals surface area contributed by atoms with E-state index in [9.17, 15) is 10.1 Å². The molecule has 0 aliphatic carbocycles. The zero-order chi connectivity index (χ0) is 23.4. The molecule has 7 heteroatoms. The maximum absolute atomic E-state index is 12.8. The van der Waals surface area contributed by atoms with Crippen molar-refractivity contribution in [2.75, 3.05) is 5.32 Å². The largest absolute Gasteiger partial charge is 0.485 e. The molecule has 4 aromatic rings. The third kappa shape index (κ3) is 4.80. The fourth-order valence-electron chi connectivity index (χ4n) is 3.45. The molecule has 7 nitrogen and oxygen atoms in total. The van der Waals surface area contributed by atoms with Crippen LogP contribution in [-0.4, -0.2) is 15.7 Å². The Balaban J connectivity index is 1.50. The molecule has 4 rings (SSSR count). The summed E-state index contributed by atoms with van der Waals surface area (Å²) in [7, 11) is 0. The minimum Gasteiger partial charge on any atom is -0.485 e. The predicted octanol–water partition coefficient (Wildman–Crippen LogP) is 5.60. The first-order valence-electron chi connectivity index (χ1n) is 10.6. The predicted molar refractivity (Wildman–Crippen MR) is 125 cm³/mol. The minimum absolute atomic E-state index is 0.117. The summed E-state index contributed by atoms with van der Waals surface area (Å²) >= 11 is 0. The highest BCUT2D eigenvalue weighted by Gasteiger charge is 2.19. The van der Waals surface area contributed by atoms with Crippen LogP contribution in [0.5, 0.6) is 5.75 Å². The topological polar surface area (TPSA) is 93.1 Å². The van der Waals surface area contributed by atoms with Gasteiger partial charge in [0.2, 0.25) is 0 Å². The Labute approximate surface area is 192 Å². The lowest BCUT2D eigenvalue weighted by Gasteiger charge is -2.14. The third-order valence-corrected chi connectivity index (χ3v) is 5.17. The first-order chi connectivity index (χ1) is 16.0. The molecular weight excluding hydrogens is 416 g/mol. The summed E-state index contributed by atoms with van der Waals surface area (Å²) in [6, 6.07) is 20.7. The van der Waals surface area contributed by atoms with Crippen LogP contribution in [0.2, 0.25) is 0 Å². The molecule has 1 N–H and O–H groups in total. The van der Waals surface area contributed by atoms with E-state index in [2.05, 4.69) is 42.5 Å². The second-order valence-corrected chi connectivity index (χ2v) is 7.97. The Morgan fingerprint density at radius 3 is 2.70 bits per heavy atom. The minimum atomic E-state index is -0.478. The SMILES string of the molecule is Cc1ccc(C(C)C)c(OCc2ccc(C(=O)Nc3c(C#N)cnn3-c3ccccc3)o2)c1. The van der Waals surface area contributed by atoms with Crippen LogP contribution in [0.4, 0.5) is 5.82 Å². The van der Waals surface area contributed by atoms with Gasteiger partial charge in [-0.15, -0.1) is 0 Å². The molecule has 2 heterocycles. The number of aromatic nitrogens is 2. The monoisotopic (exact) mass is 440 g/mol. The van der Waals surface area contributed by atoms with Gasteiger partial charge < -0.3 is 14.5 Å². The number of para-hydroxylation sites is 1. The summed E-state index contributed by atoms with van der Waals surface area (Å²) in [5, 5.41) is 16.4. The number of carbonyl (C=O) groups is 1. The van der Waals surface area contributed by atoms with Gasteiger partial charge in [0.25, 0.3) is 5.91 Å². The number of aryl methyl sites for hydroxylation is 1. The molecule has 166 valence electrons. The van der Waals surface area contributed by atoms with Gasteiger partial charge in [-0.3, -0.25) is 4.79 Å². The molecule has 0 atom stereocenters. The van der Waals surface area contributed by atoms with E-state index in [1.165, 1.54) is 10.9 Å². The summed E-state index contributed by atoms with van der Waals surface area (Å²) < 4.78 is 13.2. The number of furan rings is 1. The molecule has 0 bridgehead atoms. The van der Waals surface area contributed by atoms with Gasteiger partial charge in [0, 0.05) is 0 Å². The van der Waals surface area contributed by atoms with Crippen LogP contribution in [0.15, 0.2) is 71.3 Å². The number of nitrogens with one attached hydrogen (secondary N) is 1. The van der Waals surface area contributed by atoms with Gasteiger partial charge in [-0.25, -0.2) is 4.68 Å². The van der Waals surface area contributed by atoms with Crippen LogP contribution in [0.25, 0.3) is 5.69 Å². The molecular formula is C26H24N4O3. The number of nitriles is 1. The molecule has 0 saturated heterocycles. The lowest BCUT2D eigenvalue weighted by atomic mass is 10.0. The first kappa shape index (κ1) is 21.9. The van der Waals surface area contributed by atoms with Crippen LogP contribution in [0, 0.1) is 18.3 Å². The van der Waals surface area contributed by atoms with Crippen LogP contribution in [0.3, 0.4) is 0 Å². The molecule has 33 heavy (non-hydrogen) atoms. The lowest BCUT2D eigenvalue weighted by molar-refractivity contribution is 0.0992. The standard InChI is InChI=1S/C26H24N4O3/c1-17(2)22-11-9-18(3)13-24(22)32-16-21-10-12-23(33-21)26(31)29-25-19(14-27)15-28-30(25)20-7-5-4-6-8-20/h4-13,15,17H,16H2,1-3H3,(H,29,31). The second kappa shape index (κ2) is 9.45. The van der Waals surface area contributed by atoms with E-state index in [0.717, 1.165) is 22.6 Å². The average Bonchev–Trinajstić information content (AvgIpc) is 3.45. The second-order valence-electron chi connectivity index (χ2n) is 7.97. The van der Waals surface area contributed by atoms with E-state index < -0.39 is 5.91 Å². The molecule has 2 aromatic heterocycles. The Kier molecular flexibility index (Phi) is 6.27. The van der Waals surface area contributed by atoms with E-state index in [1.807, 2.05) is 43.3 Å². The zero-order valence-corrected chi connectivity index (χ0v) is 18.7. The van der Waals surface area contributed by atoms with Gasteiger partial charge in [0.1, 0.15) is 29.7 Å². The molecule has 1 amide bonds. The number of rotatable bonds is 7. The fraction of sp³-hybridized carbons (Fsp3) is 0.192. The maximum atomic E-state index is 12.8. The van der Waals surface area contributed by atoms with E-state index >= 15 is 0 Å². The van der Waals surface area contributed by atoms with Crippen LogP contribution in [-0.2, 0) is 6.61 Å². The van der Waals surface area contributed by atoms with Gasteiger partial charge in [-0.2, -0.15) is 10.4 Å². The summed E-state index contributed by atoms with van der Waals surface area (Å²) in [4.78, 5) is 12.8. The number of hydrogen-bond donors (Lipinski definition) is 1. The van der Waals surface area contributed by atoms with Crippen molar-refractivity contribution < 1.29 is 13.9 Å². The van der Waals surface area contributed by atoms with Crippen molar-refractivity contribution in [3.05, 3.63) is 95.1 Å². The average molecular weight is 441 g/mol. The highest BCUT2D eigenvalue weighted by atomic mass is 16.5. The number of hydrogen-bond acceptors (Lipinski definition) is 5. The van der Waals surface area contributed by atoms with Crippen molar-refractivity contribution in [3.63, 3.8) is 0 Å².